The van der Waals surface area contributed by atoms with E-state index in [-0.39, 0.29) is 17.5 Å². The second-order valence-corrected chi connectivity index (χ2v) is 7.85. The Kier molecular flexibility index (Phi) is 5.36. The lowest BCUT2D eigenvalue weighted by molar-refractivity contribution is -0.676. The second-order valence-electron chi connectivity index (χ2n) is 7.85. The van der Waals surface area contributed by atoms with Crippen LogP contribution >= 0.6 is 0 Å². The molecule has 4 aromatic rings. The Labute approximate surface area is 178 Å². The van der Waals surface area contributed by atoms with Crippen molar-refractivity contribution in [2.75, 3.05) is 13.2 Å². The summed E-state index contributed by atoms with van der Waals surface area (Å²) < 4.78 is 20.9. The fourth-order valence-electron chi connectivity index (χ4n) is 4.10. The number of hydrogen-bond donors (Lipinski definition) is 2. The Morgan fingerprint density at radius 2 is 1.97 bits per heavy atom. The normalized spacial score (nSPS) is 16.2. The number of pyridine rings is 1. The fraction of sp³-hybridized carbons (Fsp3) is 0.250. The number of benzene rings is 2. The van der Waals surface area contributed by atoms with Gasteiger partial charge in [0.05, 0.1) is 11.3 Å². The maximum absolute atomic E-state index is 13.5. The van der Waals surface area contributed by atoms with Gasteiger partial charge in [0.25, 0.3) is 5.56 Å². The minimum absolute atomic E-state index is 0.126. The first-order valence-electron chi connectivity index (χ1n) is 10.6. The summed E-state index contributed by atoms with van der Waals surface area (Å²) in [6.07, 6.45) is 2.44. The van der Waals surface area contributed by atoms with E-state index in [0.29, 0.717) is 23.4 Å². The number of para-hydroxylation sites is 1. The topological polar surface area (TPSA) is 76.5 Å². The van der Waals surface area contributed by atoms with Gasteiger partial charge in [-0.1, -0.05) is 18.2 Å². The van der Waals surface area contributed by atoms with Gasteiger partial charge in [0, 0.05) is 17.6 Å². The Balaban J connectivity index is 1.56. The van der Waals surface area contributed by atoms with Gasteiger partial charge in [0.1, 0.15) is 36.4 Å². The summed E-state index contributed by atoms with van der Waals surface area (Å²) in [7, 11) is 0. The van der Waals surface area contributed by atoms with Crippen molar-refractivity contribution in [2.45, 2.75) is 25.5 Å². The number of quaternary nitrogens is 1. The van der Waals surface area contributed by atoms with Gasteiger partial charge >= 0.3 is 0 Å². The number of H-pyrrole nitrogens is 1. The molecule has 3 N–H and O–H groups in total. The lowest BCUT2D eigenvalue weighted by Gasteiger charge is -2.08. The van der Waals surface area contributed by atoms with Crippen molar-refractivity contribution in [1.82, 2.24) is 14.8 Å². The van der Waals surface area contributed by atoms with Gasteiger partial charge in [-0.2, -0.15) is 5.10 Å². The van der Waals surface area contributed by atoms with Crippen LogP contribution < -0.4 is 10.9 Å². The zero-order valence-electron chi connectivity index (χ0n) is 17.1. The summed E-state index contributed by atoms with van der Waals surface area (Å²) in [4.78, 5) is 15.9. The zero-order chi connectivity index (χ0) is 21.2. The van der Waals surface area contributed by atoms with E-state index in [1.165, 1.54) is 12.1 Å². The molecular formula is C24H24FN4O2+. The molecule has 0 bridgehead atoms. The molecule has 6 nitrogen and oxygen atoms in total. The Morgan fingerprint density at radius 1 is 1.16 bits per heavy atom. The number of nitrogens with one attached hydrogen (secondary N) is 1. The number of rotatable bonds is 6. The number of aromatic amines is 1. The molecule has 3 heterocycles. The molecule has 1 fully saturated rings. The minimum atomic E-state index is -0.298. The lowest BCUT2D eigenvalue weighted by atomic mass is 10.1. The molecule has 0 spiro atoms. The van der Waals surface area contributed by atoms with Crippen molar-refractivity contribution in [3.8, 4) is 16.9 Å². The summed E-state index contributed by atoms with van der Waals surface area (Å²) >= 11 is 0. The van der Waals surface area contributed by atoms with Gasteiger partial charge in [-0.05, 0) is 55.3 Å². The molecule has 1 saturated heterocycles. The molecule has 1 aliphatic rings. The van der Waals surface area contributed by atoms with Gasteiger partial charge in [-0.25, -0.2) is 9.07 Å². The summed E-state index contributed by atoms with van der Waals surface area (Å²) in [5, 5.41) is 7.72. The lowest BCUT2D eigenvalue weighted by Crippen LogP contribution is -2.85. The maximum Gasteiger partial charge on any atom is 0.258 e. The van der Waals surface area contributed by atoms with E-state index in [1.807, 2.05) is 36.4 Å². The average Bonchev–Trinajstić information content (AvgIpc) is 3.43. The van der Waals surface area contributed by atoms with E-state index in [9.17, 15) is 9.18 Å². The van der Waals surface area contributed by atoms with Crippen LogP contribution in [0, 0.1) is 5.82 Å². The van der Waals surface area contributed by atoms with E-state index in [1.54, 1.807) is 16.8 Å². The van der Waals surface area contributed by atoms with Gasteiger partial charge in [-0.3, -0.25) is 4.79 Å². The first-order chi connectivity index (χ1) is 15.2. The van der Waals surface area contributed by atoms with Gasteiger partial charge in [0.2, 0.25) is 0 Å². The molecule has 2 aromatic carbocycles. The molecule has 7 heteroatoms. The zero-order valence-corrected chi connectivity index (χ0v) is 17.1. The average molecular weight is 419 g/mol. The molecule has 0 radical (unpaired) electrons. The number of nitrogens with two attached hydrogens (primary N) is 1. The third-order valence-electron chi connectivity index (χ3n) is 5.70. The molecule has 2 aromatic heterocycles. The number of nitrogens with zero attached hydrogens (tertiary/aromatic N) is 2. The van der Waals surface area contributed by atoms with E-state index in [4.69, 9.17) is 9.84 Å². The summed E-state index contributed by atoms with van der Waals surface area (Å²) in [6, 6.07) is 17.8. The highest BCUT2D eigenvalue weighted by Crippen LogP contribution is 2.28. The Bertz CT molecular complexity index is 1240. The van der Waals surface area contributed by atoms with Crippen molar-refractivity contribution >= 4 is 11.0 Å². The molecule has 0 saturated carbocycles. The molecule has 0 unspecified atom stereocenters. The third kappa shape index (κ3) is 4.02. The molecule has 0 amide bonds. The third-order valence-corrected chi connectivity index (χ3v) is 5.70. The predicted octanol–water partition coefficient (Wildman–Crippen LogP) is 2.76. The van der Waals surface area contributed by atoms with Crippen LogP contribution in [0.2, 0.25) is 0 Å². The van der Waals surface area contributed by atoms with Crippen LogP contribution in [0.4, 0.5) is 4.39 Å². The maximum atomic E-state index is 13.5. The van der Waals surface area contributed by atoms with Crippen LogP contribution in [-0.2, 0) is 11.3 Å². The summed E-state index contributed by atoms with van der Waals surface area (Å²) in [5.74, 6) is -0.298. The molecule has 1 atom stereocenters. The van der Waals surface area contributed by atoms with Crippen LogP contribution in [-0.4, -0.2) is 34.0 Å². The van der Waals surface area contributed by atoms with Gasteiger partial charge in [0.15, 0.2) is 0 Å². The van der Waals surface area contributed by atoms with Crippen molar-refractivity contribution in [1.29, 1.82) is 0 Å². The summed E-state index contributed by atoms with van der Waals surface area (Å²) in [5.41, 5.74) is 3.52. The van der Waals surface area contributed by atoms with Crippen molar-refractivity contribution in [3.63, 3.8) is 0 Å². The summed E-state index contributed by atoms with van der Waals surface area (Å²) in [6.45, 7) is 2.22. The number of halogens is 1. The number of hydrogen-bond acceptors (Lipinski definition) is 3. The first-order valence-corrected chi connectivity index (χ1v) is 10.6. The van der Waals surface area contributed by atoms with E-state index in [2.05, 4.69) is 10.3 Å². The Hall–Kier alpha value is -3.29. The number of ether oxygens (including phenoxy) is 1. The van der Waals surface area contributed by atoms with Crippen LogP contribution in [0.3, 0.4) is 0 Å². The number of fused-ring (bicyclic) bond motifs is 1. The monoisotopic (exact) mass is 419 g/mol. The van der Waals surface area contributed by atoms with Crippen molar-refractivity contribution < 1.29 is 14.4 Å². The van der Waals surface area contributed by atoms with Crippen LogP contribution in [0.25, 0.3) is 28.0 Å². The van der Waals surface area contributed by atoms with Crippen LogP contribution in [0.1, 0.15) is 18.4 Å². The van der Waals surface area contributed by atoms with Gasteiger partial charge < -0.3 is 15.0 Å². The minimum Gasteiger partial charge on any atom is -0.372 e. The first kappa shape index (κ1) is 19.7. The highest BCUT2D eigenvalue weighted by Gasteiger charge is 2.19. The Morgan fingerprint density at radius 3 is 2.71 bits per heavy atom. The molecule has 158 valence electrons. The molecule has 5 rings (SSSR count). The van der Waals surface area contributed by atoms with E-state index in [0.717, 1.165) is 42.6 Å². The largest absolute Gasteiger partial charge is 0.372 e. The van der Waals surface area contributed by atoms with Gasteiger partial charge in [-0.15, -0.1) is 0 Å². The fourth-order valence-corrected chi connectivity index (χ4v) is 4.10. The quantitative estimate of drug-likeness (QED) is 0.505. The standard InChI is InChI=1S/C24H23FN4O2/c25-18-10-8-16(9-11-18)22-21-13-17(14-26-15-20-7-4-12-31-20)24(30)27-23(21)29(28-22)19-5-2-1-3-6-19/h1-3,5-6,8-11,13,20,26H,4,7,12,14-15H2,(H,27,30)/p+1/t20-/m0/s1. The number of aromatic nitrogens is 3. The SMILES string of the molecule is O=c1[nH]c2c(cc1C[NH2+]C[C@@H]1CCCO1)c(-c1ccc(F)cc1)nn2-c1ccccc1. The van der Waals surface area contributed by atoms with Crippen LogP contribution in [0.15, 0.2) is 65.5 Å². The molecule has 1 aliphatic heterocycles. The molecule has 0 aliphatic carbocycles. The van der Waals surface area contributed by atoms with E-state index < -0.39 is 0 Å². The highest BCUT2D eigenvalue weighted by molar-refractivity contribution is 5.92. The molecular weight excluding hydrogens is 395 g/mol. The predicted molar refractivity (Wildman–Crippen MR) is 117 cm³/mol. The van der Waals surface area contributed by atoms with Crippen LogP contribution in [0.5, 0.6) is 0 Å². The van der Waals surface area contributed by atoms with Crippen molar-refractivity contribution in [2.24, 2.45) is 0 Å². The second kappa shape index (κ2) is 8.45. The van der Waals surface area contributed by atoms with Crippen molar-refractivity contribution in [3.05, 3.63) is 82.4 Å². The van der Waals surface area contributed by atoms with E-state index >= 15 is 0 Å². The highest BCUT2D eigenvalue weighted by atomic mass is 19.1. The molecule has 31 heavy (non-hydrogen) atoms. The smallest absolute Gasteiger partial charge is 0.258 e.